The molecule has 1 atom stereocenters. The van der Waals surface area contributed by atoms with E-state index < -0.39 is 10.0 Å². The zero-order valence-corrected chi connectivity index (χ0v) is 13.7. The Labute approximate surface area is 124 Å². The molecule has 0 saturated carbocycles. The summed E-state index contributed by atoms with van der Waals surface area (Å²) in [5, 5.41) is 3.11. The first kappa shape index (κ1) is 16.6. The Kier molecular flexibility index (Phi) is 6.99. The lowest BCUT2D eigenvalue weighted by Crippen LogP contribution is -2.30. The van der Waals surface area contributed by atoms with E-state index in [-0.39, 0.29) is 11.8 Å². The Bertz CT molecular complexity index is 474. The normalized spacial score (nSPS) is 13.4. The highest BCUT2D eigenvalue weighted by Crippen LogP contribution is 2.17. The number of hydrogen-bond acceptors (Lipinski definition) is 3. The van der Waals surface area contributed by atoms with Gasteiger partial charge >= 0.3 is 0 Å². The molecule has 0 amide bonds. The monoisotopic (exact) mass is 348 g/mol. The van der Waals surface area contributed by atoms with Crippen molar-refractivity contribution in [2.45, 2.75) is 26.3 Å². The van der Waals surface area contributed by atoms with Crippen LogP contribution in [0.2, 0.25) is 0 Å². The maximum atomic E-state index is 11.9. The molecule has 0 radical (unpaired) electrons. The van der Waals surface area contributed by atoms with E-state index in [2.05, 4.69) is 26.0 Å². The van der Waals surface area contributed by atoms with Crippen molar-refractivity contribution in [3.8, 4) is 0 Å². The van der Waals surface area contributed by atoms with Gasteiger partial charge in [0.2, 0.25) is 10.0 Å². The fourth-order valence-corrected chi connectivity index (χ4v) is 3.29. The molecule has 6 heteroatoms. The highest BCUT2D eigenvalue weighted by atomic mass is 79.9. The van der Waals surface area contributed by atoms with Gasteiger partial charge in [-0.1, -0.05) is 35.0 Å². The fraction of sp³-hybridized carbons (Fsp3) is 0.538. The van der Waals surface area contributed by atoms with E-state index in [0.717, 1.165) is 23.1 Å². The summed E-state index contributed by atoms with van der Waals surface area (Å²) in [5.41, 5.74) is 0.957. The molecule has 0 aromatic heterocycles. The molecule has 0 heterocycles. The van der Waals surface area contributed by atoms with Gasteiger partial charge in [-0.2, -0.15) is 0 Å². The van der Waals surface area contributed by atoms with Crippen molar-refractivity contribution in [3.05, 3.63) is 34.3 Å². The minimum absolute atomic E-state index is 0.154. The lowest BCUT2D eigenvalue weighted by atomic mass is 10.1. The molecule has 1 aromatic rings. The molecule has 1 unspecified atom stereocenters. The van der Waals surface area contributed by atoms with E-state index in [0.29, 0.717) is 6.42 Å². The van der Waals surface area contributed by atoms with E-state index in [9.17, 15) is 8.42 Å². The molecule has 2 N–H and O–H groups in total. The maximum absolute atomic E-state index is 11.9. The molecule has 0 bridgehead atoms. The van der Waals surface area contributed by atoms with Crippen LogP contribution < -0.4 is 10.0 Å². The average molecular weight is 349 g/mol. The highest BCUT2D eigenvalue weighted by Gasteiger charge is 2.15. The molecule has 0 spiro atoms. The average Bonchev–Trinajstić information content (AvgIpc) is 2.35. The number of rotatable bonds is 8. The van der Waals surface area contributed by atoms with E-state index >= 15 is 0 Å². The van der Waals surface area contributed by atoms with Gasteiger partial charge in [-0.3, -0.25) is 0 Å². The number of sulfonamides is 1. The first-order chi connectivity index (χ1) is 8.94. The molecule has 0 aliphatic rings. The van der Waals surface area contributed by atoms with Crippen LogP contribution in [0.1, 0.15) is 31.9 Å². The summed E-state index contributed by atoms with van der Waals surface area (Å²) in [6, 6.07) is 7.43. The second kappa shape index (κ2) is 7.99. The second-order valence-electron chi connectivity index (χ2n) is 4.42. The predicted molar refractivity (Wildman–Crippen MR) is 82.6 cm³/mol. The van der Waals surface area contributed by atoms with Crippen molar-refractivity contribution in [1.82, 2.24) is 10.0 Å². The number of benzene rings is 1. The van der Waals surface area contributed by atoms with Crippen LogP contribution in [0.3, 0.4) is 0 Å². The Hall–Kier alpha value is -0.430. The lowest BCUT2D eigenvalue weighted by Gasteiger charge is -2.14. The third kappa shape index (κ3) is 6.51. The lowest BCUT2D eigenvalue weighted by molar-refractivity contribution is 0.562. The standard InChI is InChI=1S/C13H21BrN2O2S/c1-3-15-9-4-10-19(17,18)16-11(2)12-5-7-13(14)8-6-12/h5-8,11,15-16H,3-4,9-10H2,1-2H3. The van der Waals surface area contributed by atoms with Crippen LogP contribution in [0.15, 0.2) is 28.7 Å². The summed E-state index contributed by atoms with van der Waals surface area (Å²) in [7, 11) is -3.22. The largest absolute Gasteiger partial charge is 0.317 e. The van der Waals surface area contributed by atoms with Crippen LogP contribution in [-0.2, 0) is 10.0 Å². The fourth-order valence-electron chi connectivity index (χ4n) is 1.71. The van der Waals surface area contributed by atoms with Crippen LogP contribution >= 0.6 is 15.9 Å². The third-order valence-corrected chi connectivity index (χ3v) is 4.81. The van der Waals surface area contributed by atoms with Crippen molar-refractivity contribution in [3.63, 3.8) is 0 Å². The molecule has 19 heavy (non-hydrogen) atoms. The highest BCUT2D eigenvalue weighted by molar-refractivity contribution is 9.10. The minimum atomic E-state index is -3.22. The van der Waals surface area contributed by atoms with E-state index in [1.165, 1.54) is 0 Å². The van der Waals surface area contributed by atoms with Crippen molar-refractivity contribution >= 4 is 26.0 Å². The molecule has 108 valence electrons. The zero-order valence-electron chi connectivity index (χ0n) is 11.3. The van der Waals surface area contributed by atoms with Crippen molar-refractivity contribution in [2.24, 2.45) is 0 Å². The Balaban J connectivity index is 2.50. The quantitative estimate of drug-likeness (QED) is 0.709. The van der Waals surface area contributed by atoms with Crippen LogP contribution in [0, 0.1) is 0 Å². The molecular weight excluding hydrogens is 328 g/mol. The maximum Gasteiger partial charge on any atom is 0.212 e. The summed E-state index contributed by atoms with van der Waals surface area (Å²) < 4.78 is 27.5. The van der Waals surface area contributed by atoms with Crippen LogP contribution in [-0.4, -0.2) is 27.3 Å². The molecule has 0 aliphatic heterocycles. The van der Waals surface area contributed by atoms with Gasteiger partial charge in [0.15, 0.2) is 0 Å². The van der Waals surface area contributed by atoms with Gasteiger partial charge in [-0.25, -0.2) is 13.1 Å². The van der Waals surface area contributed by atoms with Crippen molar-refractivity contribution in [2.75, 3.05) is 18.8 Å². The summed E-state index contributed by atoms with van der Waals surface area (Å²) >= 11 is 3.36. The SMILES string of the molecule is CCNCCCS(=O)(=O)NC(C)c1ccc(Br)cc1. The Morgan fingerprint density at radius 1 is 1.26 bits per heavy atom. The molecule has 1 rings (SSSR count). The van der Waals surface area contributed by atoms with Crippen molar-refractivity contribution < 1.29 is 8.42 Å². The number of halogens is 1. The topological polar surface area (TPSA) is 58.2 Å². The van der Waals surface area contributed by atoms with Gasteiger partial charge in [0.1, 0.15) is 0 Å². The van der Waals surface area contributed by atoms with Crippen LogP contribution in [0.5, 0.6) is 0 Å². The van der Waals surface area contributed by atoms with E-state index in [1.807, 2.05) is 38.1 Å². The van der Waals surface area contributed by atoms with E-state index in [4.69, 9.17) is 0 Å². The number of hydrogen-bond donors (Lipinski definition) is 2. The predicted octanol–water partition coefficient (Wildman–Crippen LogP) is 2.43. The van der Waals surface area contributed by atoms with Gasteiger partial charge < -0.3 is 5.32 Å². The third-order valence-electron chi connectivity index (χ3n) is 2.74. The molecule has 0 saturated heterocycles. The van der Waals surface area contributed by atoms with Gasteiger partial charge in [-0.05, 0) is 44.1 Å². The summed E-state index contributed by atoms with van der Waals surface area (Å²) in [4.78, 5) is 0. The van der Waals surface area contributed by atoms with Gasteiger partial charge in [0, 0.05) is 10.5 Å². The summed E-state index contributed by atoms with van der Waals surface area (Å²) in [6.45, 7) is 5.44. The first-order valence-electron chi connectivity index (χ1n) is 6.41. The Morgan fingerprint density at radius 2 is 1.89 bits per heavy atom. The van der Waals surface area contributed by atoms with Gasteiger partial charge in [0.25, 0.3) is 0 Å². The summed E-state index contributed by atoms with van der Waals surface area (Å²) in [6.07, 6.45) is 0.621. The summed E-state index contributed by atoms with van der Waals surface area (Å²) in [5.74, 6) is 0.154. The molecule has 4 nitrogen and oxygen atoms in total. The van der Waals surface area contributed by atoms with Gasteiger partial charge in [0.05, 0.1) is 5.75 Å². The number of nitrogens with one attached hydrogen (secondary N) is 2. The minimum Gasteiger partial charge on any atom is -0.317 e. The smallest absolute Gasteiger partial charge is 0.212 e. The van der Waals surface area contributed by atoms with Crippen LogP contribution in [0.25, 0.3) is 0 Å². The Morgan fingerprint density at radius 3 is 2.47 bits per heavy atom. The van der Waals surface area contributed by atoms with Crippen LogP contribution in [0.4, 0.5) is 0 Å². The molecule has 1 aromatic carbocycles. The van der Waals surface area contributed by atoms with Gasteiger partial charge in [-0.15, -0.1) is 0 Å². The molecule has 0 fully saturated rings. The molecular formula is C13H21BrN2O2S. The first-order valence-corrected chi connectivity index (χ1v) is 8.85. The zero-order chi connectivity index (χ0) is 14.3. The molecule has 0 aliphatic carbocycles. The van der Waals surface area contributed by atoms with Crippen molar-refractivity contribution in [1.29, 1.82) is 0 Å². The van der Waals surface area contributed by atoms with E-state index in [1.54, 1.807) is 0 Å². The second-order valence-corrected chi connectivity index (χ2v) is 7.21.